The molecule has 0 aromatic heterocycles. The first-order valence-electron chi connectivity index (χ1n) is 6.41. The molecule has 4 nitrogen and oxygen atoms in total. The zero-order valence-electron chi connectivity index (χ0n) is 10.8. The van der Waals surface area contributed by atoms with Crippen molar-refractivity contribution in [2.75, 3.05) is 26.3 Å². The van der Waals surface area contributed by atoms with E-state index >= 15 is 0 Å². The van der Waals surface area contributed by atoms with Gasteiger partial charge in [0.2, 0.25) is 0 Å². The van der Waals surface area contributed by atoms with Crippen molar-refractivity contribution in [3.63, 3.8) is 0 Å². The molecule has 0 aliphatic carbocycles. The summed E-state index contributed by atoms with van der Waals surface area (Å²) in [6.07, 6.45) is 0.0261. The van der Waals surface area contributed by atoms with Crippen LogP contribution in [0.1, 0.15) is 19.4 Å². The van der Waals surface area contributed by atoms with E-state index in [0.717, 1.165) is 37.6 Å². The average molecular weight is 249 g/mol. The van der Waals surface area contributed by atoms with Gasteiger partial charge in [0.1, 0.15) is 11.5 Å². The van der Waals surface area contributed by atoms with Gasteiger partial charge in [-0.15, -0.1) is 0 Å². The molecular formula is C14H19NO3. The van der Waals surface area contributed by atoms with Gasteiger partial charge in [0.15, 0.2) is 6.23 Å². The van der Waals surface area contributed by atoms with E-state index in [1.807, 2.05) is 12.1 Å². The lowest BCUT2D eigenvalue weighted by molar-refractivity contribution is -0.0612. The molecule has 0 bridgehead atoms. The summed E-state index contributed by atoms with van der Waals surface area (Å²) in [6, 6.07) is 5.35. The predicted octanol–water partition coefficient (Wildman–Crippen LogP) is 1.72. The lowest BCUT2D eigenvalue weighted by Crippen LogP contribution is -2.52. The van der Waals surface area contributed by atoms with Crippen molar-refractivity contribution in [1.29, 1.82) is 0 Å². The number of fused-ring (bicyclic) bond motifs is 1. The average Bonchev–Trinajstić information content (AvgIpc) is 2.63. The summed E-state index contributed by atoms with van der Waals surface area (Å²) in [5.41, 5.74) is 0.963. The Labute approximate surface area is 107 Å². The fourth-order valence-corrected chi connectivity index (χ4v) is 2.87. The number of phenolic OH excluding ortho intramolecular Hbond substituents is 1. The van der Waals surface area contributed by atoms with Crippen LogP contribution in [0.2, 0.25) is 0 Å². The third-order valence-electron chi connectivity index (χ3n) is 3.89. The van der Waals surface area contributed by atoms with E-state index in [2.05, 4.69) is 18.7 Å². The highest BCUT2D eigenvalue weighted by Gasteiger charge is 2.45. The van der Waals surface area contributed by atoms with Crippen molar-refractivity contribution in [2.45, 2.75) is 25.5 Å². The first-order valence-corrected chi connectivity index (χ1v) is 6.41. The first-order chi connectivity index (χ1) is 8.59. The molecule has 1 aromatic carbocycles. The number of hydrogen-bond acceptors (Lipinski definition) is 4. The van der Waals surface area contributed by atoms with Crippen molar-refractivity contribution >= 4 is 0 Å². The Bertz CT molecular complexity index is 452. The van der Waals surface area contributed by atoms with Crippen LogP contribution in [-0.4, -0.2) is 42.5 Å². The van der Waals surface area contributed by atoms with Crippen LogP contribution in [0, 0.1) is 0 Å². The van der Waals surface area contributed by atoms with E-state index < -0.39 is 0 Å². The first kappa shape index (κ1) is 11.8. The Hall–Kier alpha value is -1.26. The van der Waals surface area contributed by atoms with Crippen molar-refractivity contribution in [2.24, 2.45) is 0 Å². The van der Waals surface area contributed by atoms with Gasteiger partial charge in [-0.2, -0.15) is 0 Å². The molecule has 1 atom stereocenters. The Morgan fingerprint density at radius 1 is 1.28 bits per heavy atom. The van der Waals surface area contributed by atoms with E-state index in [1.54, 1.807) is 6.07 Å². The summed E-state index contributed by atoms with van der Waals surface area (Å²) in [5.74, 6) is 1.18. The molecule has 0 spiro atoms. The summed E-state index contributed by atoms with van der Waals surface area (Å²) in [7, 11) is 0. The van der Waals surface area contributed by atoms with E-state index in [9.17, 15) is 5.11 Å². The van der Waals surface area contributed by atoms with Gasteiger partial charge in [0, 0.05) is 24.1 Å². The van der Waals surface area contributed by atoms with E-state index in [4.69, 9.17) is 9.47 Å². The molecular weight excluding hydrogens is 230 g/mol. The third kappa shape index (κ3) is 1.76. The third-order valence-corrected chi connectivity index (χ3v) is 3.89. The number of aromatic hydroxyl groups is 1. The highest BCUT2D eigenvalue weighted by Crippen LogP contribution is 2.45. The zero-order chi connectivity index (χ0) is 12.8. The van der Waals surface area contributed by atoms with Gasteiger partial charge in [-0.25, -0.2) is 0 Å². The molecule has 1 saturated heterocycles. The number of ether oxygens (including phenoxy) is 2. The van der Waals surface area contributed by atoms with Gasteiger partial charge in [-0.3, -0.25) is 4.90 Å². The van der Waals surface area contributed by atoms with Crippen LogP contribution in [0.5, 0.6) is 11.5 Å². The van der Waals surface area contributed by atoms with Crippen LogP contribution in [0.3, 0.4) is 0 Å². The van der Waals surface area contributed by atoms with Crippen LogP contribution < -0.4 is 4.74 Å². The molecule has 3 rings (SSSR count). The second kappa shape index (κ2) is 4.14. The largest absolute Gasteiger partial charge is 0.508 e. The van der Waals surface area contributed by atoms with E-state index in [-0.39, 0.29) is 11.6 Å². The SMILES string of the molecule is CC1(C)c2cc(O)ccc2O[C@@H]1N1CCOCC1. The zero-order valence-corrected chi connectivity index (χ0v) is 10.8. The number of rotatable bonds is 1. The Morgan fingerprint density at radius 3 is 2.72 bits per heavy atom. The summed E-state index contributed by atoms with van der Waals surface area (Å²) in [4.78, 5) is 2.32. The quantitative estimate of drug-likeness (QED) is 0.823. The summed E-state index contributed by atoms with van der Waals surface area (Å²) in [6.45, 7) is 7.65. The van der Waals surface area contributed by atoms with Gasteiger partial charge in [-0.1, -0.05) is 13.8 Å². The van der Waals surface area contributed by atoms with Crippen LogP contribution in [0.25, 0.3) is 0 Å². The fraction of sp³-hybridized carbons (Fsp3) is 0.571. The van der Waals surface area contributed by atoms with Gasteiger partial charge < -0.3 is 14.6 Å². The summed E-state index contributed by atoms with van der Waals surface area (Å²) < 4.78 is 11.5. The van der Waals surface area contributed by atoms with Crippen molar-refractivity contribution < 1.29 is 14.6 Å². The minimum atomic E-state index is -0.120. The molecule has 18 heavy (non-hydrogen) atoms. The van der Waals surface area contributed by atoms with E-state index in [0.29, 0.717) is 5.75 Å². The summed E-state index contributed by atoms with van der Waals surface area (Å²) in [5, 5.41) is 9.64. The summed E-state index contributed by atoms with van der Waals surface area (Å²) >= 11 is 0. The van der Waals surface area contributed by atoms with E-state index in [1.165, 1.54) is 0 Å². The molecule has 0 radical (unpaired) electrons. The Morgan fingerprint density at radius 2 is 2.00 bits per heavy atom. The number of phenols is 1. The second-order valence-electron chi connectivity index (χ2n) is 5.52. The van der Waals surface area contributed by atoms with Crippen molar-refractivity contribution in [1.82, 2.24) is 4.90 Å². The van der Waals surface area contributed by atoms with Gasteiger partial charge in [0.25, 0.3) is 0 Å². The van der Waals surface area contributed by atoms with Gasteiger partial charge in [0.05, 0.1) is 13.2 Å². The smallest absolute Gasteiger partial charge is 0.162 e. The molecule has 0 amide bonds. The minimum Gasteiger partial charge on any atom is -0.508 e. The molecule has 2 aliphatic heterocycles. The maximum Gasteiger partial charge on any atom is 0.162 e. The Balaban J connectivity index is 1.92. The number of morpholine rings is 1. The molecule has 2 aliphatic rings. The Kier molecular flexibility index (Phi) is 2.72. The normalized spacial score (nSPS) is 26.7. The van der Waals surface area contributed by atoms with Gasteiger partial charge >= 0.3 is 0 Å². The number of hydrogen-bond donors (Lipinski definition) is 1. The molecule has 2 heterocycles. The fourth-order valence-electron chi connectivity index (χ4n) is 2.87. The maximum absolute atomic E-state index is 9.64. The van der Waals surface area contributed by atoms with Crippen molar-refractivity contribution in [3.8, 4) is 11.5 Å². The highest BCUT2D eigenvalue weighted by atomic mass is 16.5. The molecule has 0 unspecified atom stereocenters. The molecule has 0 saturated carbocycles. The number of nitrogens with zero attached hydrogens (tertiary/aromatic N) is 1. The van der Waals surface area contributed by atoms with Crippen LogP contribution in [0.4, 0.5) is 0 Å². The molecule has 98 valence electrons. The molecule has 1 fully saturated rings. The minimum absolute atomic E-state index is 0.0261. The second-order valence-corrected chi connectivity index (χ2v) is 5.52. The van der Waals surface area contributed by atoms with Crippen LogP contribution in [-0.2, 0) is 10.2 Å². The number of benzene rings is 1. The lowest BCUT2D eigenvalue weighted by Gasteiger charge is -2.38. The monoisotopic (exact) mass is 249 g/mol. The highest BCUT2D eigenvalue weighted by molar-refractivity contribution is 5.47. The molecule has 1 aromatic rings. The van der Waals surface area contributed by atoms with Crippen LogP contribution in [0.15, 0.2) is 18.2 Å². The van der Waals surface area contributed by atoms with Crippen LogP contribution >= 0.6 is 0 Å². The molecule has 1 N–H and O–H groups in total. The predicted molar refractivity (Wildman–Crippen MR) is 67.9 cm³/mol. The van der Waals surface area contributed by atoms with Gasteiger partial charge in [-0.05, 0) is 18.2 Å². The maximum atomic E-state index is 9.64. The molecule has 4 heteroatoms. The topological polar surface area (TPSA) is 41.9 Å². The lowest BCUT2D eigenvalue weighted by atomic mass is 9.83. The van der Waals surface area contributed by atoms with Crippen molar-refractivity contribution in [3.05, 3.63) is 23.8 Å². The standard InChI is InChI=1S/C14H19NO3/c1-14(2)11-9-10(16)3-4-12(11)18-13(14)15-5-7-17-8-6-15/h3-4,9,13,16H,5-8H2,1-2H3/t13-/m0/s1.